The topological polar surface area (TPSA) is 87.7 Å². The fourth-order valence-corrected chi connectivity index (χ4v) is 2.44. The average Bonchev–Trinajstić information content (AvgIpc) is 2.90. The zero-order valence-electron chi connectivity index (χ0n) is 11.0. The molecule has 1 aliphatic heterocycles. The second kappa shape index (κ2) is 4.80. The van der Waals surface area contributed by atoms with Crippen molar-refractivity contribution in [3.8, 4) is 11.9 Å². The van der Waals surface area contributed by atoms with Gasteiger partial charge in [0.05, 0.1) is 11.5 Å². The first-order chi connectivity index (χ1) is 10.4. The van der Waals surface area contributed by atoms with Gasteiger partial charge in [-0.25, -0.2) is 0 Å². The summed E-state index contributed by atoms with van der Waals surface area (Å²) in [6.07, 6.45) is -4.65. The smallest absolute Gasteiger partial charge is 0.420 e. The molecule has 0 bridgehead atoms. The summed E-state index contributed by atoms with van der Waals surface area (Å²) in [4.78, 5) is 0. The molecular formula is C14H9F3N4O. The van der Waals surface area contributed by atoms with Crippen molar-refractivity contribution in [2.45, 2.75) is 12.1 Å². The minimum Gasteiger partial charge on any atom is -0.420 e. The van der Waals surface area contributed by atoms with Crippen LogP contribution in [-0.4, -0.2) is 10.2 Å². The highest BCUT2D eigenvalue weighted by Crippen LogP contribution is 2.46. The molecule has 1 unspecified atom stereocenters. The molecule has 1 aliphatic rings. The third kappa shape index (κ3) is 2.07. The van der Waals surface area contributed by atoms with Crippen LogP contribution in [-0.2, 0) is 6.18 Å². The lowest BCUT2D eigenvalue weighted by molar-refractivity contribution is -0.141. The molecule has 0 spiro atoms. The molecule has 8 heteroatoms. The summed E-state index contributed by atoms with van der Waals surface area (Å²) in [6, 6.07) is 10.1. The van der Waals surface area contributed by atoms with Crippen LogP contribution in [0.1, 0.15) is 22.7 Å². The predicted molar refractivity (Wildman–Crippen MR) is 69.3 cm³/mol. The maximum atomic E-state index is 13.2. The number of H-pyrrole nitrogens is 1. The monoisotopic (exact) mass is 306 g/mol. The van der Waals surface area contributed by atoms with Crippen LogP contribution in [0.25, 0.3) is 0 Å². The van der Waals surface area contributed by atoms with Gasteiger partial charge >= 0.3 is 6.18 Å². The van der Waals surface area contributed by atoms with E-state index in [9.17, 15) is 18.4 Å². The van der Waals surface area contributed by atoms with Crippen molar-refractivity contribution in [2.24, 2.45) is 5.73 Å². The van der Waals surface area contributed by atoms with Crippen molar-refractivity contribution in [3.05, 3.63) is 58.6 Å². The minimum absolute atomic E-state index is 0.0781. The zero-order valence-corrected chi connectivity index (χ0v) is 11.0. The van der Waals surface area contributed by atoms with E-state index in [1.165, 1.54) is 0 Å². The van der Waals surface area contributed by atoms with E-state index in [0.29, 0.717) is 5.56 Å². The normalized spacial score (nSPS) is 17.6. The van der Waals surface area contributed by atoms with Gasteiger partial charge in [-0.15, -0.1) is 5.10 Å². The molecule has 0 amide bonds. The second-order valence-corrected chi connectivity index (χ2v) is 4.65. The van der Waals surface area contributed by atoms with Gasteiger partial charge < -0.3 is 10.5 Å². The van der Waals surface area contributed by atoms with Gasteiger partial charge in [0.15, 0.2) is 0 Å². The predicted octanol–water partition coefficient (Wildman–Crippen LogP) is 2.65. The van der Waals surface area contributed by atoms with E-state index in [0.717, 1.165) is 0 Å². The molecule has 0 saturated heterocycles. The molecule has 5 nitrogen and oxygen atoms in total. The van der Waals surface area contributed by atoms with Crippen molar-refractivity contribution in [1.29, 1.82) is 5.26 Å². The van der Waals surface area contributed by atoms with E-state index >= 15 is 0 Å². The molecular weight excluding hydrogens is 297 g/mol. The molecule has 0 saturated carbocycles. The third-order valence-electron chi connectivity index (χ3n) is 3.36. The number of hydrogen-bond donors (Lipinski definition) is 2. The van der Waals surface area contributed by atoms with E-state index in [-0.39, 0.29) is 22.9 Å². The van der Waals surface area contributed by atoms with Gasteiger partial charge in [-0.05, 0) is 5.56 Å². The van der Waals surface area contributed by atoms with E-state index in [1.54, 1.807) is 30.3 Å². The van der Waals surface area contributed by atoms with E-state index in [4.69, 9.17) is 10.5 Å². The van der Waals surface area contributed by atoms with Crippen molar-refractivity contribution < 1.29 is 17.9 Å². The largest absolute Gasteiger partial charge is 0.433 e. The fraction of sp³-hybridized carbons (Fsp3) is 0.143. The quantitative estimate of drug-likeness (QED) is 0.848. The van der Waals surface area contributed by atoms with Gasteiger partial charge in [-0.1, -0.05) is 30.3 Å². The van der Waals surface area contributed by atoms with Gasteiger partial charge in [-0.2, -0.15) is 18.4 Å². The van der Waals surface area contributed by atoms with E-state index in [2.05, 4.69) is 5.10 Å². The van der Waals surface area contributed by atoms with Crippen LogP contribution in [0.15, 0.2) is 41.8 Å². The molecule has 2 aromatic rings. The Morgan fingerprint density at radius 3 is 2.55 bits per heavy atom. The molecule has 1 aromatic carbocycles. The summed E-state index contributed by atoms with van der Waals surface area (Å²) in [5, 5.41) is 14.7. The maximum absolute atomic E-state index is 13.2. The maximum Gasteiger partial charge on any atom is 0.433 e. The molecule has 112 valence electrons. The van der Waals surface area contributed by atoms with E-state index < -0.39 is 17.8 Å². The molecule has 1 aromatic heterocycles. The number of aromatic nitrogens is 2. The van der Waals surface area contributed by atoms with Crippen LogP contribution < -0.4 is 10.5 Å². The van der Waals surface area contributed by atoms with Crippen LogP contribution in [0.4, 0.5) is 13.2 Å². The van der Waals surface area contributed by atoms with Gasteiger partial charge in [-0.3, -0.25) is 5.10 Å². The number of ether oxygens (including phenoxy) is 1. The molecule has 2 heterocycles. The van der Waals surface area contributed by atoms with Crippen LogP contribution in [0.2, 0.25) is 0 Å². The lowest BCUT2D eigenvalue weighted by Crippen LogP contribution is -2.22. The molecule has 3 N–H and O–H groups in total. The summed E-state index contributed by atoms with van der Waals surface area (Å²) >= 11 is 0. The molecule has 0 aliphatic carbocycles. The van der Waals surface area contributed by atoms with Crippen molar-refractivity contribution >= 4 is 0 Å². The lowest BCUT2D eigenvalue weighted by atomic mass is 9.84. The van der Waals surface area contributed by atoms with Crippen molar-refractivity contribution in [3.63, 3.8) is 0 Å². The number of allylic oxidation sites excluding steroid dienone is 1. The van der Waals surface area contributed by atoms with Crippen molar-refractivity contribution in [1.82, 2.24) is 10.2 Å². The zero-order chi connectivity index (χ0) is 15.9. The molecule has 0 fully saturated rings. The summed E-state index contributed by atoms with van der Waals surface area (Å²) in [5.41, 5.74) is 4.79. The summed E-state index contributed by atoms with van der Waals surface area (Å²) in [5.74, 6) is -1.49. The Hall–Kier alpha value is -2.95. The van der Waals surface area contributed by atoms with Gasteiger partial charge in [0.2, 0.25) is 11.8 Å². The number of nitriles is 1. The number of aromatic amines is 1. The minimum atomic E-state index is -4.65. The highest BCUT2D eigenvalue weighted by atomic mass is 19.4. The Bertz CT molecular complexity index is 787. The van der Waals surface area contributed by atoms with Crippen LogP contribution >= 0.6 is 0 Å². The highest BCUT2D eigenvalue weighted by molar-refractivity contribution is 5.55. The fourth-order valence-electron chi connectivity index (χ4n) is 2.44. The Balaban J connectivity index is 2.27. The standard InChI is InChI=1S/C14H9F3N4O/c15-14(16,17)11-10-9(7-4-2-1-3-5-7)8(6-18)12(19)22-13(10)21-20-11/h1-5,9H,19H2,(H,20,21). The first-order valence-corrected chi connectivity index (χ1v) is 6.21. The number of nitrogens with one attached hydrogen (secondary N) is 1. The first kappa shape index (κ1) is 14.0. The molecule has 0 radical (unpaired) electrons. The second-order valence-electron chi connectivity index (χ2n) is 4.65. The number of hydrogen-bond acceptors (Lipinski definition) is 4. The van der Waals surface area contributed by atoms with Crippen LogP contribution in [0.5, 0.6) is 5.88 Å². The van der Waals surface area contributed by atoms with Crippen LogP contribution in [0, 0.1) is 11.3 Å². The molecule has 1 atom stereocenters. The van der Waals surface area contributed by atoms with Crippen LogP contribution in [0.3, 0.4) is 0 Å². The molecule has 3 rings (SSSR count). The lowest BCUT2D eigenvalue weighted by Gasteiger charge is -2.24. The number of rotatable bonds is 1. The summed E-state index contributed by atoms with van der Waals surface area (Å²) in [6.45, 7) is 0. The summed E-state index contributed by atoms with van der Waals surface area (Å²) in [7, 11) is 0. The number of fused-ring (bicyclic) bond motifs is 1. The average molecular weight is 306 g/mol. The van der Waals surface area contributed by atoms with Crippen molar-refractivity contribution in [2.75, 3.05) is 0 Å². The number of nitrogens with zero attached hydrogens (tertiary/aromatic N) is 2. The van der Waals surface area contributed by atoms with E-state index in [1.807, 2.05) is 11.2 Å². The first-order valence-electron chi connectivity index (χ1n) is 6.21. The number of benzene rings is 1. The summed E-state index contributed by atoms with van der Waals surface area (Å²) < 4.78 is 44.6. The molecule has 22 heavy (non-hydrogen) atoms. The SMILES string of the molecule is N#CC1=C(N)Oc2n[nH]c(C(F)(F)F)c2C1c1ccccc1. The number of alkyl halides is 3. The van der Waals surface area contributed by atoms with Gasteiger partial charge in [0.25, 0.3) is 0 Å². The Morgan fingerprint density at radius 1 is 1.27 bits per heavy atom. The Labute approximate surface area is 122 Å². The Kier molecular flexibility index (Phi) is 3.06. The highest BCUT2D eigenvalue weighted by Gasteiger charge is 2.44. The third-order valence-corrected chi connectivity index (χ3v) is 3.36. The number of halogens is 3. The van der Waals surface area contributed by atoms with Gasteiger partial charge in [0.1, 0.15) is 17.3 Å². The number of nitrogens with two attached hydrogens (primary N) is 1. The van der Waals surface area contributed by atoms with Gasteiger partial charge in [0, 0.05) is 0 Å². The Morgan fingerprint density at radius 2 is 1.95 bits per heavy atom.